The van der Waals surface area contributed by atoms with Gasteiger partial charge >= 0.3 is 0 Å². The minimum atomic E-state index is -0.592. The Balaban J connectivity index is 2.34. The van der Waals surface area contributed by atoms with Gasteiger partial charge in [-0.15, -0.1) is 0 Å². The highest BCUT2D eigenvalue weighted by Gasteiger charge is 2.12. The molecule has 1 heterocycles. The largest absolute Gasteiger partial charge is 0.390 e. The second-order valence-corrected chi connectivity index (χ2v) is 4.52. The van der Waals surface area contributed by atoms with Gasteiger partial charge < -0.3 is 10.4 Å². The molecule has 84 valence electrons. The number of pyridine rings is 1. The summed E-state index contributed by atoms with van der Waals surface area (Å²) in [4.78, 5) is 3.98. The SMILES string of the molecule is CC(NCCC(C)(C)O)c1ccncc1. The van der Waals surface area contributed by atoms with Gasteiger partial charge in [0.25, 0.3) is 0 Å². The molecule has 1 aromatic heterocycles. The van der Waals surface area contributed by atoms with Gasteiger partial charge in [0.05, 0.1) is 5.60 Å². The molecule has 1 atom stereocenters. The molecule has 1 aromatic rings. The quantitative estimate of drug-likeness (QED) is 0.776. The third kappa shape index (κ3) is 4.91. The monoisotopic (exact) mass is 208 g/mol. The van der Waals surface area contributed by atoms with Crippen molar-refractivity contribution < 1.29 is 5.11 Å². The van der Waals surface area contributed by atoms with Gasteiger partial charge in [-0.05, 0) is 51.4 Å². The van der Waals surface area contributed by atoms with Crippen molar-refractivity contribution >= 4 is 0 Å². The maximum Gasteiger partial charge on any atom is 0.0603 e. The summed E-state index contributed by atoms with van der Waals surface area (Å²) in [6, 6.07) is 4.30. The Morgan fingerprint density at radius 1 is 1.40 bits per heavy atom. The number of nitrogens with one attached hydrogen (secondary N) is 1. The second kappa shape index (κ2) is 5.24. The van der Waals surface area contributed by atoms with E-state index in [4.69, 9.17) is 0 Å². The fourth-order valence-corrected chi connectivity index (χ4v) is 1.36. The molecular formula is C12H20N2O. The topological polar surface area (TPSA) is 45.1 Å². The van der Waals surface area contributed by atoms with Crippen LogP contribution in [0.5, 0.6) is 0 Å². The highest BCUT2D eigenvalue weighted by atomic mass is 16.3. The van der Waals surface area contributed by atoms with Crippen molar-refractivity contribution in [1.29, 1.82) is 0 Å². The molecule has 0 aliphatic carbocycles. The van der Waals surface area contributed by atoms with Crippen LogP contribution in [0.3, 0.4) is 0 Å². The summed E-state index contributed by atoms with van der Waals surface area (Å²) in [5.41, 5.74) is 0.631. The maximum atomic E-state index is 9.55. The van der Waals surface area contributed by atoms with E-state index in [0.29, 0.717) is 6.04 Å². The van der Waals surface area contributed by atoms with E-state index in [-0.39, 0.29) is 0 Å². The first-order chi connectivity index (χ1) is 6.99. The minimum absolute atomic E-state index is 0.301. The van der Waals surface area contributed by atoms with E-state index in [2.05, 4.69) is 17.2 Å². The lowest BCUT2D eigenvalue weighted by Gasteiger charge is -2.19. The van der Waals surface area contributed by atoms with Crippen molar-refractivity contribution in [1.82, 2.24) is 10.3 Å². The molecule has 1 unspecified atom stereocenters. The summed E-state index contributed by atoms with van der Waals surface area (Å²) in [7, 11) is 0. The number of nitrogens with zero attached hydrogens (tertiary/aromatic N) is 1. The van der Waals surface area contributed by atoms with Crippen molar-refractivity contribution in [3.63, 3.8) is 0 Å². The Kier molecular flexibility index (Phi) is 4.24. The van der Waals surface area contributed by atoms with Crippen LogP contribution in [0.4, 0.5) is 0 Å². The summed E-state index contributed by atoms with van der Waals surface area (Å²) in [6.45, 7) is 6.57. The highest BCUT2D eigenvalue weighted by molar-refractivity contribution is 5.13. The van der Waals surface area contributed by atoms with Crippen molar-refractivity contribution in [2.24, 2.45) is 0 Å². The molecule has 0 saturated carbocycles. The first kappa shape index (κ1) is 12.1. The van der Waals surface area contributed by atoms with E-state index in [1.807, 2.05) is 26.0 Å². The van der Waals surface area contributed by atoms with Crippen molar-refractivity contribution in [2.45, 2.75) is 38.8 Å². The predicted molar refractivity (Wildman–Crippen MR) is 61.6 cm³/mol. The Labute approximate surface area is 91.5 Å². The van der Waals surface area contributed by atoms with Crippen LogP contribution in [0.25, 0.3) is 0 Å². The van der Waals surface area contributed by atoms with Crippen molar-refractivity contribution in [2.75, 3.05) is 6.54 Å². The number of hydrogen-bond donors (Lipinski definition) is 2. The fraction of sp³-hybridized carbons (Fsp3) is 0.583. The molecule has 3 heteroatoms. The first-order valence-corrected chi connectivity index (χ1v) is 5.35. The molecule has 0 aliphatic heterocycles. The number of hydrogen-bond acceptors (Lipinski definition) is 3. The van der Waals surface area contributed by atoms with E-state index in [1.165, 1.54) is 5.56 Å². The van der Waals surface area contributed by atoms with Crippen LogP contribution in [0.15, 0.2) is 24.5 Å². The zero-order valence-corrected chi connectivity index (χ0v) is 9.70. The molecule has 15 heavy (non-hydrogen) atoms. The summed E-state index contributed by atoms with van der Waals surface area (Å²) < 4.78 is 0. The van der Waals surface area contributed by atoms with Gasteiger partial charge in [0.2, 0.25) is 0 Å². The minimum Gasteiger partial charge on any atom is -0.390 e. The molecule has 2 N–H and O–H groups in total. The number of aliphatic hydroxyl groups is 1. The molecule has 0 radical (unpaired) electrons. The second-order valence-electron chi connectivity index (χ2n) is 4.52. The lowest BCUT2D eigenvalue weighted by Crippen LogP contribution is -2.28. The Morgan fingerprint density at radius 2 is 2.00 bits per heavy atom. The molecule has 0 saturated heterocycles. The van der Waals surface area contributed by atoms with Crippen LogP contribution in [-0.2, 0) is 0 Å². The van der Waals surface area contributed by atoms with Gasteiger partial charge in [0.1, 0.15) is 0 Å². The van der Waals surface area contributed by atoms with E-state index in [1.54, 1.807) is 12.4 Å². The van der Waals surface area contributed by atoms with Crippen LogP contribution in [0.1, 0.15) is 38.8 Å². The van der Waals surface area contributed by atoms with Gasteiger partial charge in [-0.3, -0.25) is 4.98 Å². The average molecular weight is 208 g/mol. The van der Waals surface area contributed by atoms with Crippen LogP contribution in [0.2, 0.25) is 0 Å². The van der Waals surface area contributed by atoms with E-state index in [9.17, 15) is 5.11 Å². The summed E-state index contributed by atoms with van der Waals surface area (Å²) >= 11 is 0. The third-order valence-corrected chi connectivity index (χ3v) is 2.39. The molecule has 1 rings (SSSR count). The number of aromatic nitrogens is 1. The van der Waals surface area contributed by atoms with E-state index >= 15 is 0 Å². The zero-order chi connectivity index (χ0) is 11.3. The van der Waals surface area contributed by atoms with Gasteiger partial charge in [0, 0.05) is 18.4 Å². The Bertz CT molecular complexity index is 279. The lowest BCUT2D eigenvalue weighted by atomic mass is 10.1. The molecule has 0 bridgehead atoms. The lowest BCUT2D eigenvalue weighted by molar-refractivity contribution is 0.0705. The van der Waals surface area contributed by atoms with E-state index in [0.717, 1.165) is 13.0 Å². The predicted octanol–water partition coefficient (Wildman–Crippen LogP) is 1.89. The summed E-state index contributed by atoms with van der Waals surface area (Å²) in [6.07, 6.45) is 4.34. The standard InChI is InChI=1S/C12H20N2O/c1-10(11-4-7-13-8-5-11)14-9-6-12(2,3)15/h4-5,7-8,10,14-15H,6,9H2,1-3H3. The normalized spacial score (nSPS) is 13.9. The van der Waals surface area contributed by atoms with Crippen molar-refractivity contribution in [3.8, 4) is 0 Å². The van der Waals surface area contributed by atoms with Crippen LogP contribution >= 0.6 is 0 Å². The summed E-state index contributed by atoms with van der Waals surface area (Å²) in [5.74, 6) is 0. The molecule has 0 spiro atoms. The molecule has 3 nitrogen and oxygen atoms in total. The van der Waals surface area contributed by atoms with Crippen LogP contribution in [0, 0.1) is 0 Å². The van der Waals surface area contributed by atoms with Gasteiger partial charge in [-0.25, -0.2) is 0 Å². The van der Waals surface area contributed by atoms with Crippen LogP contribution in [-0.4, -0.2) is 22.2 Å². The molecular weight excluding hydrogens is 188 g/mol. The van der Waals surface area contributed by atoms with Gasteiger partial charge in [-0.1, -0.05) is 0 Å². The molecule has 0 aromatic carbocycles. The molecule has 0 fully saturated rings. The van der Waals surface area contributed by atoms with E-state index < -0.39 is 5.60 Å². The number of rotatable bonds is 5. The summed E-state index contributed by atoms with van der Waals surface area (Å²) in [5, 5.41) is 12.9. The average Bonchev–Trinajstić information content (AvgIpc) is 2.17. The van der Waals surface area contributed by atoms with Crippen LogP contribution < -0.4 is 5.32 Å². The third-order valence-electron chi connectivity index (χ3n) is 2.39. The fourth-order valence-electron chi connectivity index (χ4n) is 1.36. The Hall–Kier alpha value is -0.930. The Morgan fingerprint density at radius 3 is 2.53 bits per heavy atom. The molecule has 0 aliphatic rings. The highest BCUT2D eigenvalue weighted by Crippen LogP contribution is 2.11. The van der Waals surface area contributed by atoms with Crippen molar-refractivity contribution in [3.05, 3.63) is 30.1 Å². The van der Waals surface area contributed by atoms with Gasteiger partial charge in [0.15, 0.2) is 0 Å². The van der Waals surface area contributed by atoms with Gasteiger partial charge in [-0.2, -0.15) is 0 Å². The zero-order valence-electron chi connectivity index (χ0n) is 9.70. The first-order valence-electron chi connectivity index (χ1n) is 5.35. The molecule has 0 amide bonds. The maximum absolute atomic E-state index is 9.55. The smallest absolute Gasteiger partial charge is 0.0603 e.